The lowest BCUT2D eigenvalue weighted by atomic mass is 9.66. The van der Waals surface area contributed by atoms with E-state index in [2.05, 4.69) is 15.5 Å². The van der Waals surface area contributed by atoms with Crippen LogP contribution in [-0.2, 0) is 4.79 Å². The van der Waals surface area contributed by atoms with E-state index in [9.17, 15) is 4.79 Å². The molecule has 1 saturated carbocycles. The van der Waals surface area contributed by atoms with Crippen molar-refractivity contribution in [2.45, 2.75) is 38.6 Å². The van der Waals surface area contributed by atoms with Crippen LogP contribution in [0.1, 0.15) is 44.5 Å². The van der Waals surface area contributed by atoms with E-state index in [-0.39, 0.29) is 17.4 Å². The fourth-order valence-electron chi connectivity index (χ4n) is 2.98. The fourth-order valence-corrected chi connectivity index (χ4v) is 2.98. The van der Waals surface area contributed by atoms with E-state index in [1.54, 1.807) is 0 Å². The Morgan fingerprint density at radius 3 is 2.95 bits per heavy atom. The van der Waals surface area contributed by atoms with Gasteiger partial charge in [0.05, 0.1) is 6.04 Å². The Balaban J connectivity index is 1.68. The molecule has 2 heterocycles. The number of carbonyl (C=O) groups is 1. The first-order valence-corrected chi connectivity index (χ1v) is 7.43. The molecule has 0 bridgehead atoms. The molecule has 1 fully saturated rings. The number of amides is 1. The number of hydrogen-bond donors (Lipinski definition) is 2. The van der Waals surface area contributed by atoms with Crippen LogP contribution >= 0.6 is 0 Å². The quantitative estimate of drug-likeness (QED) is 0.871. The predicted octanol–water partition coefficient (Wildman–Crippen LogP) is 1.43. The average Bonchev–Trinajstić information content (AvgIpc) is 2.87. The summed E-state index contributed by atoms with van der Waals surface area (Å²) >= 11 is 0. The van der Waals surface area contributed by atoms with Gasteiger partial charge in [-0.1, -0.05) is 12.5 Å². The summed E-state index contributed by atoms with van der Waals surface area (Å²) in [6.07, 6.45) is 5.69. The molecule has 21 heavy (non-hydrogen) atoms. The first-order valence-electron chi connectivity index (χ1n) is 7.43. The molecule has 3 N–H and O–H groups in total. The van der Waals surface area contributed by atoms with Crippen molar-refractivity contribution in [1.82, 2.24) is 19.9 Å². The van der Waals surface area contributed by atoms with Crippen LogP contribution in [0, 0.1) is 5.41 Å². The van der Waals surface area contributed by atoms with Crippen LogP contribution in [0.3, 0.4) is 0 Å². The van der Waals surface area contributed by atoms with E-state index in [4.69, 9.17) is 5.73 Å². The molecule has 2 aromatic heterocycles. The van der Waals surface area contributed by atoms with Gasteiger partial charge in [0.25, 0.3) is 0 Å². The Bertz CT molecular complexity index is 641. The van der Waals surface area contributed by atoms with Crippen molar-refractivity contribution in [3.63, 3.8) is 0 Å². The lowest BCUT2D eigenvalue weighted by Gasteiger charge is -2.40. The second-order valence-corrected chi connectivity index (χ2v) is 6.01. The Morgan fingerprint density at radius 1 is 1.48 bits per heavy atom. The maximum absolute atomic E-state index is 12.2. The van der Waals surface area contributed by atoms with E-state index >= 15 is 0 Å². The molecule has 0 aromatic carbocycles. The van der Waals surface area contributed by atoms with Crippen molar-refractivity contribution in [3.8, 4) is 0 Å². The number of hydrogen-bond acceptors (Lipinski definition) is 4. The molecule has 112 valence electrons. The number of nitrogens with one attached hydrogen (secondary N) is 1. The highest BCUT2D eigenvalue weighted by atomic mass is 16.1. The molecular formula is C15H21N5O. The summed E-state index contributed by atoms with van der Waals surface area (Å²) in [6, 6.07) is 5.55. The molecular weight excluding hydrogens is 266 g/mol. The molecule has 1 atom stereocenters. The number of nitrogens with two attached hydrogens (primary N) is 1. The van der Waals surface area contributed by atoms with E-state index in [1.807, 2.05) is 35.7 Å². The first-order chi connectivity index (χ1) is 10.1. The summed E-state index contributed by atoms with van der Waals surface area (Å²) in [4.78, 5) is 12.2. The van der Waals surface area contributed by atoms with Gasteiger partial charge in [-0.15, -0.1) is 10.2 Å². The summed E-state index contributed by atoms with van der Waals surface area (Å²) in [7, 11) is 0. The minimum Gasteiger partial charge on any atom is -0.346 e. The Morgan fingerprint density at radius 2 is 2.29 bits per heavy atom. The van der Waals surface area contributed by atoms with Crippen molar-refractivity contribution in [2.75, 3.05) is 6.54 Å². The molecule has 1 amide bonds. The van der Waals surface area contributed by atoms with Gasteiger partial charge in [0.2, 0.25) is 5.91 Å². The van der Waals surface area contributed by atoms with Crippen molar-refractivity contribution >= 4 is 11.6 Å². The van der Waals surface area contributed by atoms with Crippen LogP contribution in [0.15, 0.2) is 24.4 Å². The van der Waals surface area contributed by atoms with Crippen LogP contribution < -0.4 is 11.1 Å². The van der Waals surface area contributed by atoms with E-state index in [1.165, 1.54) is 6.42 Å². The van der Waals surface area contributed by atoms with Gasteiger partial charge in [-0.2, -0.15) is 0 Å². The van der Waals surface area contributed by atoms with E-state index in [0.29, 0.717) is 13.0 Å². The Hall–Kier alpha value is -1.95. The SMILES string of the molecule is CC(NC(=O)CC1(CN)CCC1)c1nnc2ccccn12. The third kappa shape index (κ3) is 2.63. The van der Waals surface area contributed by atoms with Crippen molar-refractivity contribution in [1.29, 1.82) is 0 Å². The van der Waals surface area contributed by atoms with E-state index in [0.717, 1.165) is 24.3 Å². The van der Waals surface area contributed by atoms with Crippen molar-refractivity contribution in [3.05, 3.63) is 30.2 Å². The molecule has 2 aromatic rings. The molecule has 6 heteroatoms. The molecule has 0 saturated heterocycles. The van der Waals surface area contributed by atoms with Crippen LogP contribution in [0.2, 0.25) is 0 Å². The molecule has 1 aliphatic carbocycles. The van der Waals surface area contributed by atoms with Crippen LogP contribution in [0.4, 0.5) is 0 Å². The normalized spacial score (nSPS) is 18.2. The predicted molar refractivity (Wildman–Crippen MR) is 79.5 cm³/mol. The zero-order valence-corrected chi connectivity index (χ0v) is 12.2. The van der Waals surface area contributed by atoms with Crippen molar-refractivity contribution in [2.24, 2.45) is 11.1 Å². The lowest BCUT2D eigenvalue weighted by Crippen LogP contribution is -2.42. The average molecular weight is 287 g/mol. The number of rotatable bonds is 5. The topological polar surface area (TPSA) is 85.3 Å². The number of fused-ring (bicyclic) bond motifs is 1. The van der Waals surface area contributed by atoms with Gasteiger partial charge in [-0.3, -0.25) is 9.20 Å². The van der Waals surface area contributed by atoms with Gasteiger partial charge >= 0.3 is 0 Å². The van der Waals surface area contributed by atoms with Crippen LogP contribution in [0.5, 0.6) is 0 Å². The fraction of sp³-hybridized carbons (Fsp3) is 0.533. The minimum atomic E-state index is -0.176. The van der Waals surface area contributed by atoms with Gasteiger partial charge in [0.15, 0.2) is 11.5 Å². The monoisotopic (exact) mass is 287 g/mol. The second kappa shape index (κ2) is 5.44. The largest absolute Gasteiger partial charge is 0.346 e. The summed E-state index contributed by atoms with van der Waals surface area (Å²) in [5, 5.41) is 11.3. The number of aromatic nitrogens is 3. The second-order valence-electron chi connectivity index (χ2n) is 6.01. The summed E-state index contributed by atoms with van der Waals surface area (Å²) < 4.78 is 1.90. The maximum Gasteiger partial charge on any atom is 0.221 e. The minimum absolute atomic E-state index is 0.0245. The molecule has 0 aliphatic heterocycles. The highest BCUT2D eigenvalue weighted by Crippen LogP contribution is 2.42. The van der Waals surface area contributed by atoms with Gasteiger partial charge in [0, 0.05) is 12.6 Å². The van der Waals surface area contributed by atoms with E-state index < -0.39 is 0 Å². The van der Waals surface area contributed by atoms with Crippen LogP contribution in [0.25, 0.3) is 5.65 Å². The first kappa shape index (κ1) is 14.0. The lowest BCUT2D eigenvalue weighted by molar-refractivity contribution is -0.125. The molecule has 1 aliphatic rings. The molecule has 3 rings (SSSR count). The van der Waals surface area contributed by atoms with Gasteiger partial charge in [-0.25, -0.2) is 0 Å². The van der Waals surface area contributed by atoms with Gasteiger partial charge in [0.1, 0.15) is 0 Å². The maximum atomic E-state index is 12.2. The Kier molecular flexibility index (Phi) is 3.63. The third-order valence-electron chi connectivity index (χ3n) is 4.49. The molecule has 6 nitrogen and oxygen atoms in total. The molecule has 1 unspecified atom stereocenters. The molecule has 0 spiro atoms. The van der Waals surface area contributed by atoms with Crippen molar-refractivity contribution < 1.29 is 4.79 Å². The molecule has 0 radical (unpaired) electrons. The van der Waals surface area contributed by atoms with Gasteiger partial charge < -0.3 is 11.1 Å². The highest BCUT2D eigenvalue weighted by molar-refractivity contribution is 5.77. The highest BCUT2D eigenvalue weighted by Gasteiger charge is 2.37. The zero-order valence-electron chi connectivity index (χ0n) is 12.2. The van der Waals surface area contributed by atoms with Gasteiger partial charge in [-0.05, 0) is 43.9 Å². The summed E-state index contributed by atoms with van der Waals surface area (Å²) in [6.45, 7) is 2.51. The summed E-state index contributed by atoms with van der Waals surface area (Å²) in [5.41, 5.74) is 6.62. The standard InChI is InChI=1S/C15H21N5O/c1-11(14-19-18-12-5-2-3-8-20(12)14)17-13(21)9-15(10-16)6-4-7-15/h2-3,5,8,11H,4,6-7,9-10,16H2,1H3,(H,17,21). The third-order valence-corrected chi connectivity index (χ3v) is 4.49. The van der Waals surface area contributed by atoms with Crippen LogP contribution in [-0.4, -0.2) is 27.0 Å². The summed E-state index contributed by atoms with van der Waals surface area (Å²) in [5.74, 6) is 0.787. The number of pyridine rings is 1. The Labute approximate surface area is 123 Å². The smallest absolute Gasteiger partial charge is 0.221 e. The zero-order chi connectivity index (χ0) is 14.9. The number of nitrogens with zero attached hydrogens (tertiary/aromatic N) is 3. The number of carbonyl (C=O) groups excluding carboxylic acids is 1.